The summed E-state index contributed by atoms with van der Waals surface area (Å²) in [7, 11) is -4.76. The second-order valence-electron chi connectivity index (χ2n) is 13.9. The minimum Gasteiger partial charge on any atom is -0.462 e. The van der Waals surface area contributed by atoms with E-state index in [1.807, 2.05) is 0 Å². The number of esters is 2. The molecule has 0 rings (SSSR count). The highest BCUT2D eigenvalue weighted by atomic mass is 31.2. The first-order valence-electron chi connectivity index (χ1n) is 20.9. The van der Waals surface area contributed by atoms with Gasteiger partial charge in [-0.05, 0) is 51.4 Å². The molecule has 8 nitrogen and oxygen atoms in total. The van der Waals surface area contributed by atoms with Crippen LogP contribution in [0, 0.1) is 0 Å². The van der Waals surface area contributed by atoms with E-state index in [0.717, 1.165) is 83.5 Å². The molecule has 0 heterocycles. The summed E-state index contributed by atoms with van der Waals surface area (Å²) in [6.45, 7) is 3.57. The average molecular weight is 753 g/mol. The molecular formula is C43H77O8P. The summed E-state index contributed by atoms with van der Waals surface area (Å²) >= 11 is 0. The molecule has 0 saturated heterocycles. The number of phosphoric ester groups is 1. The van der Waals surface area contributed by atoms with Gasteiger partial charge in [0.2, 0.25) is 0 Å². The number of rotatable bonds is 38. The fraction of sp³-hybridized carbons (Fsp3) is 0.767. The Labute approximate surface area is 318 Å². The number of carbonyl (C=O) groups is 2. The van der Waals surface area contributed by atoms with Gasteiger partial charge in [0.1, 0.15) is 6.61 Å². The van der Waals surface area contributed by atoms with Crippen LogP contribution >= 0.6 is 7.82 Å². The van der Waals surface area contributed by atoms with Crippen molar-refractivity contribution in [2.75, 3.05) is 13.2 Å². The highest BCUT2D eigenvalue weighted by Crippen LogP contribution is 2.36. The van der Waals surface area contributed by atoms with Gasteiger partial charge in [-0.2, -0.15) is 0 Å². The van der Waals surface area contributed by atoms with Crippen LogP contribution < -0.4 is 0 Å². The van der Waals surface area contributed by atoms with Crippen molar-refractivity contribution in [3.63, 3.8) is 0 Å². The lowest BCUT2D eigenvalue weighted by molar-refractivity contribution is -0.161. The summed E-state index contributed by atoms with van der Waals surface area (Å²) in [5, 5.41) is 0. The molecule has 1 unspecified atom stereocenters. The highest BCUT2D eigenvalue weighted by Gasteiger charge is 2.22. The van der Waals surface area contributed by atoms with Gasteiger partial charge in [0.15, 0.2) is 6.10 Å². The van der Waals surface area contributed by atoms with Crippen LogP contribution in [0.25, 0.3) is 0 Å². The Morgan fingerprint density at radius 1 is 0.519 bits per heavy atom. The van der Waals surface area contributed by atoms with Crippen LogP contribution in [0.2, 0.25) is 0 Å². The summed E-state index contributed by atoms with van der Waals surface area (Å²) < 4.78 is 26.4. The molecule has 1 atom stereocenters. The zero-order valence-electron chi connectivity index (χ0n) is 33.2. The summed E-state index contributed by atoms with van der Waals surface area (Å²) in [5.74, 6) is -0.897. The zero-order valence-corrected chi connectivity index (χ0v) is 34.1. The van der Waals surface area contributed by atoms with E-state index in [0.29, 0.717) is 6.42 Å². The van der Waals surface area contributed by atoms with Crippen molar-refractivity contribution in [2.24, 2.45) is 0 Å². The summed E-state index contributed by atoms with van der Waals surface area (Å²) in [5.41, 5.74) is 0. The van der Waals surface area contributed by atoms with Gasteiger partial charge in [-0.3, -0.25) is 14.1 Å². The topological polar surface area (TPSA) is 119 Å². The number of allylic oxidation sites excluding steroid dienone is 8. The van der Waals surface area contributed by atoms with Crippen molar-refractivity contribution in [3.05, 3.63) is 48.6 Å². The molecule has 0 saturated carbocycles. The van der Waals surface area contributed by atoms with E-state index in [1.54, 1.807) is 0 Å². The number of hydrogen-bond acceptors (Lipinski definition) is 6. The molecule has 0 aromatic rings. The van der Waals surface area contributed by atoms with Crippen molar-refractivity contribution in [2.45, 2.75) is 200 Å². The van der Waals surface area contributed by atoms with Gasteiger partial charge in [-0.15, -0.1) is 0 Å². The second kappa shape index (κ2) is 38.7. The van der Waals surface area contributed by atoms with E-state index in [4.69, 9.17) is 19.3 Å². The first kappa shape index (κ1) is 50.0. The number of phosphoric acid groups is 1. The molecule has 0 spiro atoms. The van der Waals surface area contributed by atoms with Crippen LogP contribution in [-0.4, -0.2) is 41.0 Å². The van der Waals surface area contributed by atoms with Gasteiger partial charge in [-0.25, -0.2) is 4.57 Å². The van der Waals surface area contributed by atoms with Crippen molar-refractivity contribution in [1.29, 1.82) is 0 Å². The first-order valence-corrected chi connectivity index (χ1v) is 22.5. The molecule has 302 valence electrons. The van der Waals surface area contributed by atoms with Crippen LogP contribution in [0.5, 0.6) is 0 Å². The van der Waals surface area contributed by atoms with Crippen LogP contribution in [0.4, 0.5) is 0 Å². The fourth-order valence-electron chi connectivity index (χ4n) is 5.78. The summed E-state index contributed by atoms with van der Waals surface area (Å²) in [4.78, 5) is 42.8. The van der Waals surface area contributed by atoms with Crippen LogP contribution in [0.3, 0.4) is 0 Å². The predicted octanol–water partition coefficient (Wildman–Crippen LogP) is 12.7. The third-order valence-electron chi connectivity index (χ3n) is 8.86. The molecule has 0 aromatic carbocycles. The summed E-state index contributed by atoms with van der Waals surface area (Å²) in [6.07, 6.45) is 46.8. The Hall–Kier alpha value is -1.99. The Morgan fingerprint density at radius 2 is 0.923 bits per heavy atom. The Kier molecular flexibility index (Phi) is 37.2. The first-order chi connectivity index (χ1) is 25.3. The highest BCUT2D eigenvalue weighted by molar-refractivity contribution is 7.46. The lowest BCUT2D eigenvalue weighted by atomic mass is 10.0. The lowest BCUT2D eigenvalue weighted by Gasteiger charge is -2.18. The molecule has 9 heteroatoms. The molecule has 0 aliphatic rings. The van der Waals surface area contributed by atoms with E-state index in [-0.39, 0.29) is 19.4 Å². The van der Waals surface area contributed by atoms with Gasteiger partial charge >= 0.3 is 19.8 Å². The van der Waals surface area contributed by atoms with Gasteiger partial charge in [0.05, 0.1) is 6.61 Å². The molecule has 2 N–H and O–H groups in total. The fourth-order valence-corrected chi connectivity index (χ4v) is 6.14. The molecule has 0 bridgehead atoms. The average Bonchev–Trinajstić information content (AvgIpc) is 3.11. The summed E-state index contributed by atoms with van der Waals surface area (Å²) in [6, 6.07) is 0. The molecule has 0 fully saturated rings. The minimum atomic E-state index is -4.76. The van der Waals surface area contributed by atoms with Gasteiger partial charge in [-0.1, -0.05) is 178 Å². The number of carbonyl (C=O) groups excluding carboxylic acids is 2. The van der Waals surface area contributed by atoms with Crippen molar-refractivity contribution in [1.82, 2.24) is 0 Å². The second-order valence-corrected chi connectivity index (χ2v) is 15.2. The van der Waals surface area contributed by atoms with Crippen molar-refractivity contribution in [3.8, 4) is 0 Å². The quantitative estimate of drug-likeness (QED) is 0.0277. The maximum atomic E-state index is 12.4. The molecule has 0 aliphatic carbocycles. The Balaban J connectivity index is 3.94. The van der Waals surface area contributed by atoms with Crippen LogP contribution in [0.1, 0.15) is 194 Å². The monoisotopic (exact) mass is 753 g/mol. The van der Waals surface area contributed by atoms with Gasteiger partial charge in [0.25, 0.3) is 0 Å². The Morgan fingerprint density at radius 3 is 1.38 bits per heavy atom. The van der Waals surface area contributed by atoms with E-state index in [9.17, 15) is 14.2 Å². The van der Waals surface area contributed by atoms with E-state index in [1.165, 1.54) is 77.0 Å². The lowest BCUT2D eigenvalue weighted by Crippen LogP contribution is -2.29. The largest absolute Gasteiger partial charge is 0.469 e. The van der Waals surface area contributed by atoms with E-state index < -0.39 is 32.5 Å². The Bertz CT molecular complexity index is 984. The zero-order chi connectivity index (χ0) is 38.2. The molecule has 0 amide bonds. The molecule has 0 radical (unpaired) electrons. The van der Waals surface area contributed by atoms with Gasteiger partial charge < -0.3 is 19.3 Å². The van der Waals surface area contributed by atoms with Crippen molar-refractivity contribution < 1.29 is 37.9 Å². The molecule has 0 aromatic heterocycles. The molecular weight excluding hydrogens is 675 g/mol. The van der Waals surface area contributed by atoms with Crippen LogP contribution in [-0.2, 0) is 28.2 Å². The van der Waals surface area contributed by atoms with E-state index in [2.05, 4.69) is 67.0 Å². The maximum absolute atomic E-state index is 12.4. The smallest absolute Gasteiger partial charge is 0.462 e. The van der Waals surface area contributed by atoms with Crippen molar-refractivity contribution >= 4 is 19.8 Å². The number of unbranched alkanes of at least 4 members (excludes halogenated alkanes) is 20. The van der Waals surface area contributed by atoms with Gasteiger partial charge in [0, 0.05) is 12.8 Å². The SMILES string of the molecule is CC/C=C\C/C=C\C/C=C\C/C=C\CCCCCCCCC(=O)OC(COC(=O)CCCCCCCCCCCCCCCCC)COP(=O)(O)O. The third-order valence-corrected chi connectivity index (χ3v) is 9.35. The third kappa shape index (κ3) is 40.8. The minimum absolute atomic E-state index is 0.196. The normalized spacial score (nSPS) is 12.9. The number of hydrogen-bond donors (Lipinski definition) is 2. The standard InChI is InChI=1S/C43H77O8P/c1-3-5-7-9-11-13-15-17-19-20-21-22-24-26-28-30-32-34-36-38-43(45)51-41(40-50-52(46,47)48)39-49-42(44)37-35-33-31-29-27-25-23-18-16-14-12-10-8-6-4-2/h5,7,11,13,17,19,21-22,41H,3-4,6,8-10,12,14-16,18,20,23-40H2,1-2H3,(H2,46,47,48)/b7-5-,13-11-,19-17-,22-21-. The molecule has 0 aliphatic heterocycles. The van der Waals surface area contributed by atoms with Crippen LogP contribution in [0.15, 0.2) is 48.6 Å². The predicted molar refractivity (Wildman–Crippen MR) is 216 cm³/mol. The maximum Gasteiger partial charge on any atom is 0.469 e. The molecule has 52 heavy (non-hydrogen) atoms. The van der Waals surface area contributed by atoms with E-state index >= 15 is 0 Å². The number of ether oxygens (including phenoxy) is 2.